The van der Waals surface area contributed by atoms with Gasteiger partial charge in [0, 0.05) is 26.3 Å². The molecule has 0 bridgehead atoms. The summed E-state index contributed by atoms with van der Waals surface area (Å²) in [5.41, 5.74) is 1.62. The SMILES string of the molecule is CCNc1c(F)cccc1C(=O)NCCc1cnn(C)c1. The van der Waals surface area contributed by atoms with Crippen LogP contribution >= 0.6 is 0 Å². The largest absolute Gasteiger partial charge is 0.382 e. The molecule has 1 heterocycles. The predicted octanol–water partition coefficient (Wildman–Crippen LogP) is 1.96. The Morgan fingerprint density at radius 3 is 2.90 bits per heavy atom. The lowest BCUT2D eigenvalue weighted by molar-refractivity contribution is 0.0954. The monoisotopic (exact) mass is 290 g/mol. The lowest BCUT2D eigenvalue weighted by Gasteiger charge is -2.11. The summed E-state index contributed by atoms with van der Waals surface area (Å²) in [6.45, 7) is 2.89. The van der Waals surface area contributed by atoms with E-state index in [2.05, 4.69) is 15.7 Å². The van der Waals surface area contributed by atoms with Gasteiger partial charge in [-0.2, -0.15) is 5.10 Å². The van der Waals surface area contributed by atoms with Crippen molar-refractivity contribution >= 4 is 11.6 Å². The molecule has 1 amide bonds. The molecule has 0 fully saturated rings. The van der Waals surface area contributed by atoms with E-state index in [9.17, 15) is 9.18 Å². The molecule has 0 unspecified atom stereocenters. The van der Waals surface area contributed by atoms with Crippen LogP contribution in [-0.2, 0) is 13.5 Å². The second kappa shape index (κ2) is 6.88. The molecule has 21 heavy (non-hydrogen) atoms. The number of halogens is 1. The van der Waals surface area contributed by atoms with E-state index in [1.165, 1.54) is 12.1 Å². The Balaban J connectivity index is 1.98. The lowest BCUT2D eigenvalue weighted by Crippen LogP contribution is -2.26. The molecular formula is C15H19FN4O. The fraction of sp³-hybridized carbons (Fsp3) is 0.333. The zero-order valence-electron chi connectivity index (χ0n) is 12.2. The van der Waals surface area contributed by atoms with Gasteiger partial charge in [0.25, 0.3) is 5.91 Å². The third-order valence-electron chi connectivity index (χ3n) is 3.07. The summed E-state index contributed by atoms with van der Waals surface area (Å²) in [5, 5.41) is 9.75. The normalized spacial score (nSPS) is 10.4. The molecule has 112 valence electrons. The third-order valence-corrected chi connectivity index (χ3v) is 3.07. The number of rotatable bonds is 6. The van der Waals surface area contributed by atoms with Gasteiger partial charge in [-0.05, 0) is 31.0 Å². The zero-order valence-corrected chi connectivity index (χ0v) is 12.2. The van der Waals surface area contributed by atoms with Crippen LogP contribution in [0.2, 0.25) is 0 Å². The van der Waals surface area contributed by atoms with Crippen molar-refractivity contribution in [2.24, 2.45) is 7.05 Å². The minimum atomic E-state index is -0.420. The molecule has 2 aromatic rings. The summed E-state index contributed by atoms with van der Waals surface area (Å²) in [6.07, 6.45) is 4.35. The van der Waals surface area contributed by atoms with Gasteiger partial charge in [-0.25, -0.2) is 4.39 Å². The standard InChI is InChI=1S/C15H19FN4O/c1-3-17-14-12(5-4-6-13(14)16)15(21)18-8-7-11-9-19-20(2)10-11/h4-6,9-10,17H,3,7-8H2,1-2H3,(H,18,21). The van der Waals surface area contributed by atoms with Crippen molar-refractivity contribution in [2.45, 2.75) is 13.3 Å². The van der Waals surface area contributed by atoms with Crippen molar-refractivity contribution in [3.63, 3.8) is 0 Å². The van der Waals surface area contributed by atoms with E-state index in [1.54, 1.807) is 16.9 Å². The molecule has 2 rings (SSSR count). The van der Waals surface area contributed by atoms with Crippen LogP contribution in [0.1, 0.15) is 22.8 Å². The predicted molar refractivity (Wildman–Crippen MR) is 79.8 cm³/mol. The highest BCUT2D eigenvalue weighted by Gasteiger charge is 2.14. The Labute approximate surface area is 123 Å². The number of benzene rings is 1. The van der Waals surface area contributed by atoms with Crippen molar-refractivity contribution in [2.75, 3.05) is 18.4 Å². The first-order valence-corrected chi connectivity index (χ1v) is 6.90. The van der Waals surface area contributed by atoms with E-state index in [0.29, 0.717) is 25.1 Å². The van der Waals surface area contributed by atoms with Gasteiger partial charge in [-0.3, -0.25) is 9.48 Å². The molecule has 2 N–H and O–H groups in total. The van der Waals surface area contributed by atoms with Crippen LogP contribution in [0.15, 0.2) is 30.6 Å². The van der Waals surface area contributed by atoms with Crippen molar-refractivity contribution in [1.82, 2.24) is 15.1 Å². The summed E-state index contributed by atoms with van der Waals surface area (Å²) in [6, 6.07) is 4.48. The summed E-state index contributed by atoms with van der Waals surface area (Å²) in [5.74, 6) is -0.703. The molecule has 6 heteroatoms. The van der Waals surface area contributed by atoms with Crippen LogP contribution in [-0.4, -0.2) is 28.8 Å². The Hall–Kier alpha value is -2.37. The Morgan fingerprint density at radius 1 is 1.43 bits per heavy atom. The zero-order chi connectivity index (χ0) is 15.2. The molecule has 0 radical (unpaired) electrons. The van der Waals surface area contributed by atoms with E-state index >= 15 is 0 Å². The molecule has 1 aromatic heterocycles. The van der Waals surface area contributed by atoms with Gasteiger partial charge in [0.15, 0.2) is 0 Å². The summed E-state index contributed by atoms with van der Waals surface area (Å²) in [7, 11) is 1.84. The Morgan fingerprint density at radius 2 is 2.24 bits per heavy atom. The number of aryl methyl sites for hydroxylation is 1. The lowest BCUT2D eigenvalue weighted by atomic mass is 10.1. The molecule has 0 aliphatic heterocycles. The number of amides is 1. The quantitative estimate of drug-likeness (QED) is 0.855. The highest BCUT2D eigenvalue weighted by Crippen LogP contribution is 2.19. The molecule has 0 saturated heterocycles. The van der Waals surface area contributed by atoms with Gasteiger partial charge in [-0.1, -0.05) is 6.07 Å². The average Bonchev–Trinajstić information content (AvgIpc) is 2.87. The molecule has 5 nitrogen and oxygen atoms in total. The van der Waals surface area contributed by atoms with Crippen LogP contribution in [0, 0.1) is 5.82 Å². The van der Waals surface area contributed by atoms with Gasteiger partial charge in [-0.15, -0.1) is 0 Å². The minimum absolute atomic E-state index is 0.249. The van der Waals surface area contributed by atoms with Crippen LogP contribution in [0.25, 0.3) is 0 Å². The topological polar surface area (TPSA) is 59.0 Å². The maximum absolute atomic E-state index is 13.7. The molecule has 0 aliphatic carbocycles. The fourth-order valence-electron chi connectivity index (χ4n) is 2.09. The van der Waals surface area contributed by atoms with Gasteiger partial charge >= 0.3 is 0 Å². The number of aromatic nitrogens is 2. The van der Waals surface area contributed by atoms with E-state index in [0.717, 1.165) is 5.56 Å². The number of nitrogens with one attached hydrogen (secondary N) is 2. The number of carbonyl (C=O) groups is 1. The number of anilines is 1. The Bertz CT molecular complexity index is 624. The second-order valence-electron chi connectivity index (χ2n) is 4.72. The van der Waals surface area contributed by atoms with Gasteiger partial charge in [0.05, 0.1) is 17.4 Å². The van der Waals surface area contributed by atoms with E-state index < -0.39 is 5.82 Å². The van der Waals surface area contributed by atoms with Crippen molar-refractivity contribution in [3.05, 3.63) is 47.5 Å². The smallest absolute Gasteiger partial charge is 0.253 e. The first-order chi connectivity index (χ1) is 10.1. The van der Waals surface area contributed by atoms with E-state index in [4.69, 9.17) is 0 Å². The highest BCUT2D eigenvalue weighted by atomic mass is 19.1. The van der Waals surface area contributed by atoms with E-state index in [-0.39, 0.29) is 11.6 Å². The molecular weight excluding hydrogens is 271 g/mol. The summed E-state index contributed by atoms with van der Waals surface area (Å²) < 4.78 is 15.4. The van der Waals surface area contributed by atoms with Crippen molar-refractivity contribution in [3.8, 4) is 0 Å². The van der Waals surface area contributed by atoms with Gasteiger partial charge in [0.2, 0.25) is 0 Å². The minimum Gasteiger partial charge on any atom is -0.382 e. The van der Waals surface area contributed by atoms with Crippen LogP contribution in [0.5, 0.6) is 0 Å². The van der Waals surface area contributed by atoms with Crippen molar-refractivity contribution in [1.29, 1.82) is 0 Å². The first-order valence-electron chi connectivity index (χ1n) is 6.90. The van der Waals surface area contributed by atoms with Crippen LogP contribution in [0.4, 0.5) is 10.1 Å². The third kappa shape index (κ3) is 3.81. The number of nitrogens with zero attached hydrogens (tertiary/aromatic N) is 2. The molecule has 0 aliphatic rings. The van der Waals surface area contributed by atoms with Crippen LogP contribution in [0.3, 0.4) is 0 Å². The second-order valence-corrected chi connectivity index (χ2v) is 4.72. The molecule has 0 saturated carbocycles. The number of carbonyl (C=O) groups excluding carboxylic acids is 1. The van der Waals surface area contributed by atoms with Crippen molar-refractivity contribution < 1.29 is 9.18 Å². The average molecular weight is 290 g/mol. The number of hydrogen-bond donors (Lipinski definition) is 2. The maximum Gasteiger partial charge on any atom is 0.253 e. The van der Waals surface area contributed by atoms with Gasteiger partial charge in [0.1, 0.15) is 5.82 Å². The number of para-hydroxylation sites is 1. The van der Waals surface area contributed by atoms with E-state index in [1.807, 2.05) is 20.2 Å². The molecule has 1 aromatic carbocycles. The summed E-state index contributed by atoms with van der Waals surface area (Å²) >= 11 is 0. The Kier molecular flexibility index (Phi) is 4.92. The highest BCUT2D eigenvalue weighted by molar-refractivity contribution is 5.99. The van der Waals surface area contributed by atoms with Crippen LogP contribution < -0.4 is 10.6 Å². The van der Waals surface area contributed by atoms with Gasteiger partial charge < -0.3 is 10.6 Å². The fourth-order valence-corrected chi connectivity index (χ4v) is 2.09. The maximum atomic E-state index is 13.7. The summed E-state index contributed by atoms with van der Waals surface area (Å²) in [4.78, 5) is 12.1. The molecule has 0 spiro atoms. The molecule has 0 atom stereocenters. The first kappa shape index (κ1) is 15.0. The number of hydrogen-bond acceptors (Lipinski definition) is 3.